The summed E-state index contributed by atoms with van der Waals surface area (Å²) in [6.45, 7) is 0. The molecule has 21 heavy (non-hydrogen) atoms. The highest BCUT2D eigenvalue weighted by Gasteiger charge is 2.10. The van der Waals surface area contributed by atoms with Crippen molar-refractivity contribution in [1.82, 2.24) is 4.98 Å². The van der Waals surface area contributed by atoms with E-state index >= 15 is 0 Å². The molecule has 0 aliphatic heterocycles. The first-order valence-electron chi connectivity index (χ1n) is 6.01. The first-order valence-corrected chi connectivity index (χ1v) is 7.45. The van der Waals surface area contributed by atoms with E-state index in [2.05, 4.69) is 9.38 Å². The van der Waals surface area contributed by atoms with Gasteiger partial charge in [-0.05, 0) is 42.5 Å². The predicted octanol–water partition coefficient (Wildman–Crippen LogP) is 1.42. The second-order valence-corrected chi connectivity index (χ2v) is 5.79. The number of aromatic nitrogens is 1. The average Bonchev–Trinajstić information content (AvgIpc) is 2.48. The number of nitrogens with two attached hydrogens (primary N) is 2. The van der Waals surface area contributed by atoms with Gasteiger partial charge in [0.25, 0.3) is 10.0 Å². The third kappa shape index (κ3) is 3.90. The lowest BCUT2D eigenvalue weighted by Crippen LogP contribution is -1.99. The number of hydrogen-bond donors (Lipinski definition) is 2. The van der Waals surface area contributed by atoms with E-state index in [0.29, 0.717) is 11.4 Å². The van der Waals surface area contributed by atoms with Crippen LogP contribution >= 0.6 is 0 Å². The van der Waals surface area contributed by atoms with Crippen LogP contribution in [0.5, 0.6) is 0 Å². The molecule has 0 radical (unpaired) electrons. The molecule has 108 valence electrons. The Morgan fingerprint density at radius 1 is 1.10 bits per heavy atom. The summed E-state index contributed by atoms with van der Waals surface area (Å²) in [4.78, 5) is 3.94. The lowest BCUT2D eigenvalue weighted by atomic mass is 10.2. The lowest BCUT2D eigenvalue weighted by Gasteiger charge is -1.99. The van der Waals surface area contributed by atoms with Crippen LogP contribution in [0.2, 0.25) is 0 Å². The molecule has 0 aliphatic rings. The zero-order valence-electron chi connectivity index (χ0n) is 11.0. The monoisotopic (exact) mass is 302 g/mol. The molecule has 1 aromatic heterocycles. The van der Waals surface area contributed by atoms with Gasteiger partial charge in [-0.15, -0.1) is 0 Å². The number of rotatable bonds is 4. The zero-order chi connectivity index (χ0) is 15.3. The molecule has 1 heterocycles. The van der Waals surface area contributed by atoms with Crippen LogP contribution in [0.4, 0.5) is 5.69 Å². The fourth-order valence-corrected chi connectivity index (χ4v) is 2.35. The maximum absolute atomic E-state index is 11.9. The van der Waals surface area contributed by atoms with E-state index < -0.39 is 10.0 Å². The van der Waals surface area contributed by atoms with E-state index in [-0.39, 0.29) is 4.90 Å². The van der Waals surface area contributed by atoms with E-state index in [9.17, 15) is 8.42 Å². The van der Waals surface area contributed by atoms with E-state index in [4.69, 9.17) is 11.5 Å². The summed E-state index contributed by atoms with van der Waals surface area (Å²) in [7, 11) is -3.75. The molecular weight excluding hydrogens is 288 g/mol. The largest absolute Gasteiger partial charge is 0.399 e. The molecular formula is C14H14N4O2S. The van der Waals surface area contributed by atoms with Gasteiger partial charge in [0.15, 0.2) is 0 Å². The van der Waals surface area contributed by atoms with Crippen molar-refractivity contribution in [2.45, 2.75) is 4.90 Å². The Hall–Kier alpha value is -2.67. The van der Waals surface area contributed by atoms with Gasteiger partial charge in [0, 0.05) is 35.6 Å². The first kappa shape index (κ1) is 14.7. The lowest BCUT2D eigenvalue weighted by molar-refractivity contribution is 0.598. The smallest absolute Gasteiger partial charge is 0.282 e. The van der Waals surface area contributed by atoms with Crippen LogP contribution in [-0.2, 0) is 10.0 Å². The number of nitrogen functional groups attached to an aromatic ring is 1. The second kappa shape index (κ2) is 6.19. The Bertz CT molecular complexity index is 766. The second-order valence-electron chi connectivity index (χ2n) is 4.16. The minimum Gasteiger partial charge on any atom is -0.399 e. The van der Waals surface area contributed by atoms with Gasteiger partial charge in [0.2, 0.25) is 0 Å². The Morgan fingerprint density at radius 2 is 1.71 bits per heavy atom. The number of allylic oxidation sites excluding steroid dienone is 1. The van der Waals surface area contributed by atoms with Crippen molar-refractivity contribution in [1.29, 1.82) is 0 Å². The van der Waals surface area contributed by atoms with Crippen LogP contribution in [0.1, 0.15) is 5.56 Å². The fraction of sp³-hybridized carbons (Fsp3) is 0. The molecule has 2 aromatic rings. The van der Waals surface area contributed by atoms with Crippen molar-refractivity contribution in [2.24, 2.45) is 10.1 Å². The fourth-order valence-electron chi connectivity index (χ4n) is 1.53. The van der Waals surface area contributed by atoms with E-state index in [1.807, 2.05) is 0 Å². The number of anilines is 1. The Morgan fingerprint density at radius 3 is 2.33 bits per heavy atom. The first-order chi connectivity index (χ1) is 9.99. The molecule has 6 nitrogen and oxygen atoms in total. The molecule has 0 amide bonds. The van der Waals surface area contributed by atoms with Crippen LogP contribution in [0.3, 0.4) is 0 Å². The van der Waals surface area contributed by atoms with Crippen molar-refractivity contribution in [3.63, 3.8) is 0 Å². The van der Waals surface area contributed by atoms with Crippen LogP contribution in [0, 0.1) is 0 Å². The van der Waals surface area contributed by atoms with Crippen LogP contribution in [-0.4, -0.2) is 19.6 Å². The van der Waals surface area contributed by atoms with Crippen molar-refractivity contribution in [3.8, 4) is 0 Å². The summed E-state index contributed by atoms with van der Waals surface area (Å²) < 4.78 is 27.4. The summed E-state index contributed by atoms with van der Waals surface area (Å²) in [5.41, 5.74) is 12.9. The highest BCUT2D eigenvalue weighted by Crippen LogP contribution is 2.14. The summed E-state index contributed by atoms with van der Waals surface area (Å²) >= 11 is 0. The Labute approximate surface area is 122 Å². The molecule has 1 aromatic carbocycles. The average molecular weight is 302 g/mol. The van der Waals surface area contributed by atoms with Crippen LogP contribution in [0.15, 0.2) is 64.2 Å². The highest BCUT2D eigenvalue weighted by molar-refractivity contribution is 7.90. The molecule has 0 saturated heterocycles. The van der Waals surface area contributed by atoms with Gasteiger partial charge >= 0.3 is 0 Å². The van der Waals surface area contributed by atoms with Crippen LogP contribution in [0.25, 0.3) is 5.70 Å². The molecule has 0 bridgehead atoms. The van der Waals surface area contributed by atoms with Crippen molar-refractivity contribution in [3.05, 3.63) is 60.4 Å². The molecule has 0 fully saturated rings. The SMILES string of the molecule is NC(=CC=NS(=O)(=O)c1ccc(N)cc1)c1ccncc1. The molecule has 0 atom stereocenters. The summed E-state index contributed by atoms with van der Waals surface area (Å²) in [6, 6.07) is 9.24. The standard InChI is InChI=1S/C14H14N4O2S/c15-12-1-3-13(4-2-12)21(19,20)18-10-7-14(16)11-5-8-17-9-6-11/h1-10H,15-16H2. The number of nitrogens with zero attached hydrogens (tertiary/aromatic N) is 2. The molecule has 4 N–H and O–H groups in total. The minimum atomic E-state index is -3.75. The van der Waals surface area contributed by atoms with E-state index in [1.54, 1.807) is 24.5 Å². The normalized spacial score (nSPS) is 12.7. The number of pyridine rings is 1. The highest BCUT2D eigenvalue weighted by atomic mass is 32.2. The number of benzene rings is 1. The molecule has 0 unspecified atom stereocenters. The molecule has 0 spiro atoms. The number of hydrogen-bond acceptors (Lipinski definition) is 5. The third-order valence-corrected chi connectivity index (χ3v) is 3.91. The van der Waals surface area contributed by atoms with Crippen molar-refractivity contribution < 1.29 is 8.42 Å². The van der Waals surface area contributed by atoms with Gasteiger partial charge in [0.05, 0.1) is 4.90 Å². The van der Waals surface area contributed by atoms with Gasteiger partial charge < -0.3 is 11.5 Å². The van der Waals surface area contributed by atoms with Crippen molar-refractivity contribution >= 4 is 27.6 Å². The molecule has 0 saturated carbocycles. The summed E-state index contributed by atoms with van der Waals surface area (Å²) in [5, 5.41) is 0. The third-order valence-electron chi connectivity index (χ3n) is 2.65. The zero-order valence-corrected chi connectivity index (χ0v) is 11.9. The van der Waals surface area contributed by atoms with E-state index in [1.165, 1.54) is 30.3 Å². The van der Waals surface area contributed by atoms with Gasteiger partial charge in [-0.25, -0.2) is 0 Å². The van der Waals surface area contributed by atoms with Gasteiger partial charge in [0.1, 0.15) is 0 Å². The number of sulfonamides is 1. The van der Waals surface area contributed by atoms with Crippen LogP contribution < -0.4 is 11.5 Å². The maximum atomic E-state index is 11.9. The summed E-state index contributed by atoms with van der Waals surface area (Å²) in [6.07, 6.45) is 5.77. The molecule has 0 aliphatic carbocycles. The predicted molar refractivity (Wildman–Crippen MR) is 82.9 cm³/mol. The quantitative estimate of drug-likeness (QED) is 0.655. The van der Waals surface area contributed by atoms with Gasteiger partial charge in [-0.2, -0.15) is 12.8 Å². The topological polar surface area (TPSA) is 111 Å². The Balaban J connectivity index is 2.19. The molecule has 7 heteroatoms. The molecule has 2 rings (SSSR count). The minimum absolute atomic E-state index is 0.0730. The maximum Gasteiger partial charge on any atom is 0.282 e. The summed E-state index contributed by atoms with van der Waals surface area (Å²) in [5.74, 6) is 0. The van der Waals surface area contributed by atoms with E-state index in [0.717, 1.165) is 11.8 Å². The Kier molecular flexibility index (Phi) is 4.34. The van der Waals surface area contributed by atoms with Gasteiger partial charge in [-0.3, -0.25) is 4.98 Å². The van der Waals surface area contributed by atoms with Gasteiger partial charge in [-0.1, -0.05) is 0 Å². The van der Waals surface area contributed by atoms with Crippen molar-refractivity contribution in [2.75, 3.05) is 5.73 Å².